The summed E-state index contributed by atoms with van der Waals surface area (Å²) in [6.45, 7) is 0.277. The average Bonchev–Trinajstić information content (AvgIpc) is 2.39. The van der Waals surface area contributed by atoms with E-state index in [-0.39, 0.29) is 6.61 Å². The summed E-state index contributed by atoms with van der Waals surface area (Å²) in [4.78, 5) is 8.30. The van der Waals surface area contributed by atoms with Crippen LogP contribution in [0.25, 0.3) is 0 Å². The van der Waals surface area contributed by atoms with E-state index in [2.05, 4.69) is 21.4 Å². The van der Waals surface area contributed by atoms with Gasteiger partial charge in [-0.3, -0.25) is 0 Å². The molecule has 1 heterocycles. The molecule has 2 rings (SSSR count). The minimum Gasteiger partial charge on any atom is -0.384 e. The number of nitrogens with two attached hydrogens (primary N) is 1. The number of ether oxygens (including phenoxy) is 1. The van der Waals surface area contributed by atoms with Gasteiger partial charge < -0.3 is 15.8 Å². The number of nitrogens with one attached hydrogen (secondary N) is 1. The third-order valence-electron chi connectivity index (χ3n) is 2.38. The summed E-state index contributed by atoms with van der Waals surface area (Å²) in [5, 5.41) is 12.1. The molecule has 0 atom stereocenters. The van der Waals surface area contributed by atoms with Gasteiger partial charge in [0, 0.05) is 13.2 Å². The van der Waals surface area contributed by atoms with Crippen LogP contribution in [0.2, 0.25) is 0 Å². The van der Waals surface area contributed by atoms with E-state index < -0.39 is 0 Å². The van der Waals surface area contributed by atoms with Crippen LogP contribution in [0.15, 0.2) is 30.3 Å². The number of benzene rings is 1. The highest BCUT2D eigenvalue weighted by atomic mass is 16.5. The summed E-state index contributed by atoms with van der Waals surface area (Å²) in [6.07, 6.45) is 0. The molecule has 96 valence electrons. The van der Waals surface area contributed by atoms with Crippen molar-refractivity contribution in [3.63, 3.8) is 0 Å². The Balaban J connectivity index is 2.30. The first-order chi connectivity index (χ1) is 9.22. The van der Waals surface area contributed by atoms with E-state index in [4.69, 9.17) is 15.7 Å². The van der Waals surface area contributed by atoms with Crippen molar-refractivity contribution in [2.45, 2.75) is 6.61 Å². The maximum atomic E-state index is 9.02. The van der Waals surface area contributed by atoms with Crippen molar-refractivity contribution in [1.29, 1.82) is 5.26 Å². The molecule has 0 amide bonds. The number of methoxy groups -OCH3 is 1. The van der Waals surface area contributed by atoms with Crippen LogP contribution < -0.4 is 11.1 Å². The number of aromatic nitrogens is 2. The van der Waals surface area contributed by atoms with Gasteiger partial charge in [-0.2, -0.15) is 5.26 Å². The van der Waals surface area contributed by atoms with Crippen molar-refractivity contribution >= 4 is 17.3 Å². The largest absolute Gasteiger partial charge is 0.384 e. The van der Waals surface area contributed by atoms with E-state index >= 15 is 0 Å². The van der Waals surface area contributed by atoms with Crippen molar-refractivity contribution in [2.24, 2.45) is 0 Å². The molecule has 0 aliphatic heterocycles. The molecular weight excluding hydrogens is 242 g/mol. The fourth-order valence-corrected chi connectivity index (χ4v) is 1.60. The normalized spacial score (nSPS) is 9.89. The second-order valence-corrected chi connectivity index (χ2v) is 3.81. The van der Waals surface area contributed by atoms with Crippen molar-refractivity contribution in [2.75, 3.05) is 18.2 Å². The van der Waals surface area contributed by atoms with Crippen molar-refractivity contribution in [3.05, 3.63) is 41.7 Å². The van der Waals surface area contributed by atoms with Crippen LogP contribution in [0.4, 0.5) is 17.3 Å². The van der Waals surface area contributed by atoms with Crippen LogP contribution in [-0.2, 0) is 11.3 Å². The van der Waals surface area contributed by atoms with Gasteiger partial charge in [-0.25, -0.2) is 9.97 Å². The molecule has 0 fully saturated rings. The van der Waals surface area contributed by atoms with Gasteiger partial charge in [0.1, 0.15) is 24.3 Å². The summed E-state index contributed by atoms with van der Waals surface area (Å²) in [5.74, 6) is 1.36. The molecule has 0 unspecified atom stereocenters. The van der Waals surface area contributed by atoms with Crippen LogP contribution in [0.3, 0.4) is 0 Å². The van der Waals surface area contributed by atoms with Gasteiger partial charge in [-0.05, 0) is 12.1 Å². The molecular formula is C13H13N5O. The van der Waals surface area contributed by atoms with Gasteiger partial charge in [0.25, 0.3) is 0 Å². The van der Waals surface area contributed by atoms with Crippen molar-refractivity contribution in [3.8, 4) is 6.07 Å². The SMILES string of the molecule is COCc1nc(N)cc(Nc2ccccc2C#N)n1. The maximum Gasteiger partial charge on any atom is 0.158 e. The Morgan fingerprint density at radius 3 is 2.89 bits per heavy atom. The highest BCUT2D eigenvalue weighted by Gasteiger charge is 2.05. The Labute approximate surface area is 110 Å². The quantitative estimate of drug-likeness (QED) is 0.864. The second kappa shape index (κ2) is 5.80. The van der Waals surface area contributed by atoms with Gasteiger partial charge in [0.2, 0.25) is 0 Å². The summed E-state index contributed by atoms with van der Waals surface area (Å²) < 4.78 is 4.97. The number of rotatable bonds is 4. The van der Waals surface area contributed by atoms with Crippen LogP contribution in [0, 0.1) is 11.3 Å². The van der Waals surface area contributed by atoms with Crippen LogP contribution in [0.1, 0.15) is 11.4 Å². The van der Waals surface area contributed by atoms with Gasteiger partial charge in [-0.1, -0.05) is 12.1 Å². The highest BCUT2D eigenvalue weighted by molar-refractivity contribution is 5.65. The first-order valence-corrected chi connectivity index (χ1v) is 5.61. The van der Waals surface area contributed by atoms with Crippen molar-refractivity contribution in [1.82, 2.24) is 9.97 Å². The van der Waals surface area contributed by atoms with E-state index in [1.165, 1.54) is 0 Å². The second-order valence-electron chi connectivity index (χ2n) is 3.81. The van der Waals surface area contributed by atoms with E-state index in [1.54, 1.807) is 31.4 Å². The molecule has 3 N–H and O–H groups in total. The molecule has 0 aliphatic carbocycles. The van der Waals surface area contributed by atoms with Gasteiger partial charge >= 0.3 is 0 Å². The number of para-hydroxylation sites is 1. The molecule has 0 aliphatic rings. The summed E-state index contributed by atoms with van der Waals surface area (Å²) in [7, 11) is 1.56. The Morgan fingerprint density at radius 1 is 1.37 bits per heavy atom. The summed E-state index contributed by atoms with van der Waals surface area (Å²) in [6, 6.07) is 10.9. The zero-order valence-electron chi connectivity index (χ0n) is 10.4. The molecule has 1 aromatic heterocycles. The topological polar surface area (TPSA) is 96.9 Å². The lowest BCUT2D eigenvalue weighted by atomic mass is 10.2. The fourth-order valence-electron chi connectivity index (χ4n) is 1.60. The fraction of sp³-hybridized carbons (Fsp3) is 0.154. The Bertz CT molecular complexity index is 621. The van der Waals surface area contributed by atoms with Crippen molar-refractivity contribution < 1.29 is 4.74 Å². The molecule has 0 spiro atoms. The zero-order chi connectivity index (χ0) is 13.7. The molecule has 0 saturated heterocycles. The van der Waals surface area contributed by atoms with Crippen LogP contribution in [0.5, 0.6) is 0 Å². The summed E-state index contributed by atoms with van der Waals surface area (Å²) >= 11 is 0. The van der Waals surface area contributed by atoms with Gasteiger partial charge in [-0.15, -0.1) is 0 Å². The Morgan fingerprint density at radius 2 is 2.16 bits per heavy atom. The first-order valence-electron chi connectivity index (χ1n) is 5.61. The number of hydrogen-bond donors (Lipinski definition) is 2. The minimum absolute atomic E-state index is 0.277. The third-order valence-corrected chi connectivity index (χ3v) is 2.38. The molecule has 19 heavy (non-hydrogen) atoms. The van der Waals surface area contributed by atoms with Crippen LogP contribution >= 0.6 is 0 Å². The lowest BCUT2D eigenvalue weighted by Crippen LogP contribution is -2.05. The smallest absolute Gasteiger partial charge is 0.158 e. The maximum absolute atomic E-state index is 9.02. The Kier molecular flexibility index (Phi) is 3.90. The number of nitrogens with zero attached hydrogens (tertiary/aromatic N) is 3. The lowest BCUT2D eigenvalue weighted by Gasteiger charge is -2.09. The number of nitrogen functional groups attached to an aromatic ring is 1. The third kappa shape index (κ3) is 3.18. The Hall–Kier alpha value is -2.65. The van der Waals surface area contributed by atoms with E-state index in [1.807, 2.05) is 6.07 Å². The molecule has 0 saturated carbocycles. The first kappa shape index (κ1) is 12.8. The molecule has 6 heteroatoms. The molecule has 6 nitrogen and oxygen atoms in total. The van der Waals surface area contributed by atoms with Gasteiger partial charge in [0.15, 0.2) is 5.82 Å². The minimum atomic E-state index is 0.277. The van der Waals surface area contributed by atoms with E-state index in [0.29, 0.717) is 28.7 Å². The highest BCUT2D eigenvalue weighted by Crippen LogP contribution is 2.19. The average molecular weight is 255 g/mol. The molecule has 0 bridgehead atoms. The standard InChI is InChI=1S/C13H13N5O/c1-19-8-13-17-11(15)6-12(18-13)16-10-5-3-2-4-9(10)7-14/h2-6H,8H2,1H3,(H3,15,16,17,18). The summed E-state index contributed by atoms with van der Waals surface area (Å²) in [5.41, 5.74) is 6.91. The van der Waals surface area contributed by atoms with Gasteiger partial charge in [0.05, 0.1) is 11.3 Å². The monoisotopic (exact) mass is 255 g/mol. The predicted octanol–water partition coefficient (Wildman–Crippen LogP) is 1.82. The molecule has 1 aromatic carbocycles. The number of hydrogen-bond acceptors (Lipinski definition) is 6. The van der Waals surface area contributed by atoms with Crippen LogP contribution in [-0.4, -0.2) is 17.1 Å². The zero-order valence-corrected chi connectivity index (χ0v) is 10.4. The predicted molar refractivity (Wildman–Crippen MR) is 71.6 cm³/mol. The number of nitriles is 1. The lowest BCUT2D eigenvalue weighted by molar-refractivity contribution is 0.178. The van der Waals surface area contributed by atoms with E-state index in [9.17, 15) is 0 Å². The molecule has 0 radical (unpaired) electrons. The molecule has 2 aromatic rings. The number of anilines is 3. The van der Waals surface area contributed by atoms with E-state index in [0.717, 1.165) is 0 Å².